The first-order valence-corrected chi connectivity index (χ1v) is 4.71. The lowest BCUT2D eigenvalue weighted by molar-refractivity contribution is -0.132. The highest BCUT2D eigenvalue weighted by Crippen LogP contribution is 2.32. The normalized spacial score (nSPS) is 15.8. The number of hydrogen-bond donors (Lipinski definition) is 1. The molecule has 0 radical (unpaired) electrons. The zero-order valence-corrected chi connectivity index (χ0v) is 8.90. The Kier molecular flexibility index (Phi) is 4.29. The lowest BCUT2D eigenvalue weighted by atomic mass is 9.75. The van der Waals surface area contributed by atoms with Crippen molar-refractivity contribution >= 4 is 5.91 Å². The molecule has 12 heavy (non-hydrogen) atoms. The quantitative estimate of drug-likeness (QED) is 0.690. The van der Waals surface area contributed by atoms with Gasteiger partial charge in [-0.2, -0.15) is 0 Å². The molecule has 0 bridgehead atoms. The van der Waals surface area contributed by atoms with Crippen LogP contribution >= 0.6 is 0 Å². The third-order valence-corrected chi connectivity index (χ3v) is 2.79. The van der Waals surface area contributed by atoms with Crippen LogP contribution in [0.25, 0.3) is 0 Å². The van der Waals surface area contributed by atoms with Crippen LogP contribution in [0, 0.1) is 11.3 Å². The summed E-state index contributed by atoms with van der Waals surface area (Å²) in [5.41, 5.74) is -0.191. The van der Waals surface area contributed by atoms with E-state index in [-0.39, 0.29) is 11.3 Å². The molecule has 0 aliphatic heterocycles. The standard InChI is InChI=1S/C10H21NO/c1-6-7-10(4,8(2)3)9(12)11-5/h8H,6-7H2,1-5H3,(H,11,12). The van der Waals surface area contributed by atoms with Crippen molar-refractivity contribution < 1.29 is 4.79 Å². The topological polar surface area (TPSA) is 29.1 Å². The van der Waals surface area contributed by atoms with Crippen LogP contribution in [0.4, 0.5) is 0 Å². The van der Waals surface area contributed by atoms with Gasteiger partial charge < -0.3 is 5.32 Å². The molecule has 0 saturated carbocycles. The Morgan fingerprint density at radius 2 is 2.00 bits per heavy atom. The van der Waals surface area contributed by atoms with E-state index in [1.165, 1.54) is 0 Å². The molecule has 1 atom stereocenters. The Labute approximate surface area is 75.7 Å². The minimum atomic E-state index is -0.191. The summed E-state index contributed by atoms with van der Waals surface area (Å²) in [6.45, 7) is 8.36. The molecule has 1 unspecified atom stereocenters. The molecule has 2 nitrogen and oxygen atoms in total. The lowest BCUT2D eigenvalue weighted by Crippen LogP contribution is -2.40. The predicted octanol–water partition coefficient (Wildman–Crippen LogP) is 2.19. The largest absolute Gasteiger partial charge is 0.359 e. The van der Waals surface area contributed by atoms with Gasteiger partial charge in [0.15, 0.2) is 0 Å². The van der Waals surface area contributed by atoms with E-state index in [2.05, 4.69) is 26.1 Å². The maximum absolute atomic E-state index is 11.6. The van der Waals surface area contributed by atoms with Crippen molar-refractivity contribution in [1.82, 2.24) is 5.32 Å². The van der Waals surface area contributed by atoms with Gasteiger partial charge in [-0.1, -0.05) is 34.1 Å². The van der Waals surface area contributed by atoms with Gasteiger partial charge in [0, 0.05) is 12.5 Å². The summed E-state index contributed by atoms with van der Waals surface area (Å²) in [6.07, 6.45) is 2.02. The summed E-state index contributed by atoms with van der Waals surface area (Å²) in [5.74, 6) is 0.566. The molecule has 2 heteroatoms. The first kappa shape index (κ1) is 11.5. The number of amides is 1. The Morgan fingerprint density at radius 3 is 2.25 bits per heavy atom. The Morgan fingerprint density at radius 1 is 1.50 bits per heavy atom. The first-order chi connectivity index (χ1) is 5.49. The van der Waals surface area contributed by atoms with Crippen LogP contribution in [0.3, 0.4) is 0 Å². The van der Waals surface area contributed by atoms with Gasteiger partial charge >= 0.3 is 0 Å². The number of nitrogens with one attached hydrogen (secondary N) is 1. The SMILES string of the molecule is CCCC(C)(C(=O)NC)C(C)C. The second kappa shape index (κ2) is 4.48. The van der Waals surface area contributed by atoms with Crippen LogP contribution in [-0.2, 0) is 4.79 Å². The van der Waals surface area contributed by atoms with Crippen LogP contribution < -0.4 is 5.32 Å². The number of carbonyl (C=O) groups is 1. The maximum atomic E-state index is 11.6. The van der Waals surface area contributed by atoms with Gasteiger partial charge in [0.05, 0.1) is 0 Å². The van der Waals surface area contributed by atoms with Crippen LogP contribution in [-0.4, -0.2) is 13.0 Å². The van der Waals surface area contributed by atoms with Gasteiger partial charge in [-0.15, -0.1) is 0 Å². The van der Waals surface area contributed by atoms with E-state index in [0.29, 0.717) is 5.92 Å². The maximum Gasteiger partial charge on any atom is 0.225 e. The molecule has 0 heterocycles. The molecule has 0 aliphatic rings. The molecular weight excluding hydrogens is 150 g/mol. The summed E-state index contributed by atoms with van der Waals surface area (Å²) in [7, 11) is 1.71. The van der Waals surface area contributed by atoms with Crippen molar-refractivity contribution in [2.75, 3.05) is 7.05 Å². The molecule has 0 saturated heterocycles. The van der Waals surface area contributed by atoms with Gasteiger partial charge in [0.2, 0.25) is 5.91 Å². The fourth-order valence-corrected chi connectivity index (χ4v) is 1.47. The summed E-state index contributed by atoms with van der Waals surface area (Å²) in [4.78, 5) is 11.6. The van der Waals surface area contributed by atoms with Crippen molar-refractivity contribution in [1.29, 1.82) is 0 Å². The van der Waals surface area contributed by atoms with Crippen molar-refractivity contribution in [3.8, 4) is 0 Å². The van der Waals surface area contributed by atoms with Crippen molar-refractivity contribution in [2.24, 2.45) is 11.3 Å². The van der Waals surface area contributed by atoms with Crippen LogP contribution in [0.2, 0.25) is 0 Å². The van der Waals surface area contributed by atoms with E-state index in [4.69, 9.17) is 0 Å². The number of hydrogen-bond acceptors (Lipinski definition) is 1. The molecule has 0 aromatic rings. The average Bonchev–Trinajstić information content (AvgIpc) is 2.03. The predicted molar refractivity (Wildman–Crippen MR) is 51.9 cm³/mol. The molecule has 1 N–H and O–H groups in total. The third kappa shape index (κ3) is 2.23. The first-order valence-electron chi connectivity index (χ1n) is 4.71. The van der Waals surface area contributed by atoms with Gasteiger partial charge in [0.25, 0.3) is 0 Å². The number of rotatable bonds is 4. The highest BCUT2D eigenvalue weighted by atomic mass is 16.2. The van der Waals surface area contributed by atoms with Crippen LogP contribution in [0.15, 0.2) is 0 Å². The Hall–Kier alpha value is -0.530. The molecule has 0 spiro atoms. The van der Waals surface area contributed by atoms with Crippen molar-refractivity contribution in [3.05, 3.63) is 0 Å². The van der Waals surface area contributed by atoms with Gasteiger partial charge in [0.1, 0.15) is 0 Å². The summed E-state index contributed by atoms with van der Waals surface area (Å²) < 4.78 is 0. The Bertz CT molecular complexity index is 154. The fourth-order valence-electron chi connectivity index (χ4n) is 1.47. The zero-order chi connectivity index (χ0) is 9.78. The van der Waals surface area contributed by atoms with Crippen LogP contribution in [0.5, 0.6) is 0 Å². The second-order valence-corrected chi connectivity index (χ2v) is 3.90. The third-order valence-electron chi connectivity index (χ3n) is 2.79. The lowest BCUT2D eigenvalue weighted by Gasteiger charge is -2.31. The van der Waals surface area contributed by atoms with E-state index in [1.54, 1.807) is 7.05 Å². The molecule has 0 aromatic carbocycles. The molecule has 1 amide bonds. The number of carbonyl (C=O) groups excluding carboxylic acids is 1. The molecule has 0 fully saturated rings. The second-order valence-electron chi connectivity index (χ2n) is 3.90. The molecule has 0 aliphatic carbocycles. The molecular formula is C10H21NO. The summed E-state index contributed by atoms with van der Waals surface area (Å²) in [6, 6.07) is 0. The van der Waals surface area contributed by atoms with Crippen LogP contribution in [0.1, 0.15) is 40.5 Å². The summed E-state index contributed by atoms with van der Waals surface area (Å²) in [5, 5.41) is 2.73. The van der Waals surface area contributed by atoms with E-state index >= 15 is 0 Å². The summed E-state index contributed by atoms with van der Waals surface area (Å²) >= 11 is 0. The fraction of sp³-hybridized carbons (Fsp3) is 0.900. The molecule has 0 rings (SSSR count). The van der Waals surface area contributed by atoms with E-state index in [9.17, 15) is 4.79 Å². The van der Waals surface area contributed by atoms with Gasteiger partial charge in [-0.25, -0.2) is 0 Å². The van der Waals surface area contributed by atoms with Crippen molar-refractivity contribution in [2.45, 2.75) is 40.5 Å². The van der Waals surface area contributed by atoms with Gasteiger partial charge in [-0.3, -0.25) is 4.79 Å². The minimum absolute atomic E-state index is 0.166. The molecule has 0 aromatic heterocycles. The van der Waals surface area contributed by atoms with Gasteiger partial charge in [-0.05, 0) is 12.3 Å². The minimum Gasteiger partial charge on any atom is -0.359 e. The Balaban J connectivity index is 4.49. The average molecular weight is 171 g/mol. The monoisotopic (exact) mass is 171 g/mol. The smallest absolute Gasteiger partial charge is 0.225 e. The molecule has 72 valence electrons. The van der Waals surface area contributed by atoms with E-state index < -0.39 is 0 Å². The highest BCUT2D eigenvalue weighted by molar-refractivity contribution is 5.82. The van der Waals surface area contributed by atoms with E-state index in [1.807, 2.05) is 6.92 Å². The highest BCUT2D eigenvalue weighted by Gasteiger charge is 2.34. The van der Waals surface area contributed by atoms with Crippen molar-refractivity contribution in [3.63, 3.8) is 0 Å². The van der Waals surface area contributed by atoms with E-state index in [0.717, 1.165) is 12.8 Å². The zero-order valence-electron chi connectivity index (χ0n) is 8.90.